The van der Waals surface area contributed by atoms with Crippen LogP contribution in [0, 0.1) is 0 Å². The van der Waals surface area contributed by atoms with Crippen molar-refractivity contribution in [1.82, 2.24) is 4.90 Å². The van der Waals surface area contributed by atoms with Gasteiger partial charge in [0.1, 0.15) is 0 Å². The van der Waals surface area contributed by atoms with E-state index in [0.717, 1.165) is 30.6 Å². The number of cyclic esters (lactones) is 1. The average molecular weight is 365 g/mol. The lowest BCUT2D eigenvalue weighted by Gasteiger charge is -2.31. The summed E-state index contributed by atoms with van der Waals surface area (Å²) in [5.74, 6) is -0.579. The maximum Gasteiger partial charge on any atom is 0.339 e. The molecule has 0 N–H and O–H groups in total. The predicted molar refractivity (Wildman–Crippen MR) is 100 cm³/mol. The van der Waals surface area contributed by atoms with Gasteiger partial charge in [-0.2, -0.15) is 0 Å². The molecule has 0 unspecified atom stereocenters. The largest absolute Gasteiger partial charge is 0.448 e. The van der Waals surface area contributed by atoms with Gasteiger partial charge in [-0.15, -0.1) is 0 Å². The van der Waals surface area contributed by atoms with Crippen LogP contribution in [0.2, 0.25) is 0 Å². The molecule has 0 spiro atoms. The van der Waals surface area contributed by atoms with Crippen LogP contribution in [0.4, 0.5) is 0 Å². The number of nitrogens with zero attached hydrogens (tertiary/aromatic N) is 1. The lowest BCUT2D eigenvalue weighted by Crippen LogP contribution is -2.46. The van der Waals surface area contributed by atoms with Gasteiger partial charge in [0.05, 0.1) is 11.7 Å². The first-order valence-electron chi connectivity index (χ1n) is 9.44. The van der Waals surface area contributed by atoms with E-state index in [9.17, 15) is 9.59 Å². The number of hydrogen-bond donors (Lipinski definition) is 0. The van der Waals surface area contributed by atoms with Crippen LogP contribution in [0.5, 0.6) is 0 Å². The highest BCUT2D eigenvalue weighted by Crippen LogP contribution is 2.23. The minimum absolute atomic E-state index is 0.0456. The number of benzene rings is 2. The Hall–Kier alpha value is -2.66. The fraction of sp³-hybridized carbons (Fsp3) is 0.364. The quantitative estimate of drug-likeness (QED) is 0.765. The highest BCUT2D eigenvalue weighted by molar-refractivity contribution is 5.95. The van der Waals surface area contributed by atoms with Gasteiger partial charge in [-0.1, -0.05) is 48.5 Å². The van der Waals surface area contributed by atoms with E-state index < -0.39 is 12.1 Å². The molecule has 1 amide bonds. The van der Waals surface area contributed by atoms with Crippen LogP contribution < -0.4 is 0 Å². The average Bonchev–Trinajstić information content (AvgIpc) is 3.21. The van der Waals surface area contributed by atoms with Crippen molar-refractivity contribution in [2.75, 3.05) is 13.2 Å². The Balaban J connectivity index is 1.53. The molecule has 1 saturated heterocycles. The van der Waals surface area contributed by atoms with Gasteiger partial charge in [0.2, 0.25) is 0 Å². The Morgan fingerprint density at radius 2 is 1.85 bits per heavy atom. The second kappa shape index (κ2) is 7.92. The van der Waals surface area contributed by atoms with Crippen molar-refractivity contribution in [2.45, 2.75) is 38.0 Å². The fourth-order valence-corrected chi connectivity index (χ4v) is 3.74. The number of amides is 1. The van der Waals surface area contributed by atoms with Crippen LogP contribution in [0.25, 0.3) is 0 Å². The summed E-state index contributed by atoms with van der Waals surface area (Å²) in [4.78, 5) is 27.3. The molecule has 2 aromatic rings. The van der Waals surface area contributed by atoms with Gasteiger partial charge in [0.25, 0.3) is 5.91 Å². The number of carbonyl (C=O) groups excluding carboxylic acids is 2. The molecule has 27 heavy (non-hydrogen) atoms. The van der Waals surface area contributed by atoms with Crippen molar-refractivity contribution in [1.29, 1.82) is 0 Å². The van der Waals surface area contributed by atoms with Gasteiger partial charge in [0, 0.05) is 26.1 Å². The lowest BCUT2D eigenvalue weighted by molar-refractivity contribution is -0.143. The van der Waals surface area contributed by atoms with Crippen molar-refractivity contribution < 1.29 is 19.1 Å². The van der Waals surface area contributed by atoms with Crippen LogP contribution in [0.15, 0.2) is 54.6 Å². The number of ether oxygens (including phenoxy) is 2. The van der Waals surface area contributed by atoms with Crippen LogP contribution >= 0.6 is 0 Å². The molecular formula is C22H23NO4. The predicted octanol–water partition coefficient (Wildman–Crippen LogP) is 2.98. The summed E-state index contributed by atoms with van der Waals surface area (Å²) in [6.45, 7) is 1.74. The van der Waals surface area contributed by atoms with E-state index >= 15 is 0 Å². The van der Waals surface area contributed by atoms with Crippen molar-refractivity contribution in [3.8, 4) is 0 Å². The second-order valence-electron chi connectivity index (χ2n) is 7.09. The monoisotopic (exact) mass is 365 g/mol. The Kier molecular flexibility index (Phi) is 5.21. The third kappa shape index (κ3) is 4.03. The molecule has 0 radical (unpaired) electrons. The smallest absolute Gasteiger partial charge is 0.339 e. The maximum absolute atomic E-state index is 13.2. The Bertz CT molecular complexity index is 814. The van der Waals surface area contributed by atoms with E-state index in [-0.39, 0.29) is 12.0 Å². The summed E-state index contributed by atoms with van der Waals surface area (Å²) in [5.41, 5.74) is 2.46. The normalized spacial score (nSPS) is 21.4. The summed E-state index contributed by atoms with van der Waals surface area (Å²) in [6.07, 6.45) is 1.65. The SMILES string of the molecule is O=C1O[C@H](C(=O)N(Cc2ccccc2)C[C@H]2CCCO2)Cc2ccccc21. The van der Waals surface area contributed by atoms with Crippen LogP contribution in [-0.2, 0) is 27.2 Å². The second-order valence-corrected chi connectivity index (χ2v) is 7.09. The van der Waals surface area contributed by atoms with Crippen LogP contribution in [0.1, 0.15) is 34.3 Å². The zero-order valence-corrected chi connectivity index (χ0v) is 15.2. The van der Waals surface area contributed by atoms with Crippen molar-refractivity contribution in [3.63, 3.8) is 0 Å². The minimum atomic E-state index is -0.780. The summed E-state index contributed by atoms with van der Waals surface area (Å²) < 4.78 is 11.2. The first-order valence-corrected chi connectivity index (χ1v) is 9.44. The first-order chi connectivity index (χ1) is 13.2. The molecule has 2 atom stereocenters. The van der Waals surface area contributed by atoms with E-state index in [0.29, 0.717) is 25.1 Å². The van der Waals surface area contributed by atoms with E-state index in [4.69, 9.17) is 9.47 Å². The number of carbonyl (C=O) groups is 2. The molecule has 0 saturated carbocycles. The fourth-order valence-electron chi connectivity index (χ4n) is 3.74. The van der Waals surface area contributed by atoms with E-state index in [2.05, 4.69) is 0 Å². The van der Waals surface area contributed by atoms with Gasteiger partial charge in [0.15, 0.2) is 6.10 Å². The third-order valence-electron chi connectivity index (χ3n) is 5.14. The van der Waals surface area contributed by atoms with E-state index in [1.807, 2.05) is 42.5 Å². The molecule has 1 fully saturated rings. The highest BCUT2D eigenvalue weighted by atomic mass is 16.5. The third-order valence-corrected chi connectivity index (χ3v) is 5.14. The molecule has 2 aliphatic heterocycles. The molecule has 5 nitrogen and oxygen atoms in total. The van der Waals surface area contributed by atoms with Gasteiger partial charge in [-0.05, 0) is 30.0 Å². The zero-order chi connectivity index (χ0) is 18.6. The van der Waals surface area contributed by atoms with E-state index in [1.54, 1.807) is 17.0 Å². The minimum Gasteiger partial charge on any atom is -0.448 e. The Morgan fingerprint density at radius 1 is 1.07 bits per heavy atom. The van der Waals surface area contributed by atoms with Crippen molar-refractivity contribution >= 4 is 11.9 Å². The van der Waals surface area contributed by atoms with Crippen molar-refractivity contribution in [2.24, 2.45) is 0 Å². The molecule has 2 aromatic carbocycles. The Morgan fingerprint density at radius 3 is 2.63 bits per heavy atom. The topological polar surface area (TPSA) is 55.8 Å². The van der Waals surface area contributed by atoms with Crippen molar-refractivity contribution in [3.05, 3.63) is 71.3 Å². The summed E-state index contributed by atoms with van der Waals surface area (Å²) in [6, 6.07) is 17.2. The number of esters is 1. The molecule has 0 aliphatic carbocycles. The number of fused-ring (bicyclic) bond motifs is 1. The summed E-state index contributed by atoms with van der Waals surface area (Å²) >= 11 is 0. The molecule has 5 heteroatoms. The molecule has 0 bridgehead atoms. The van der Waals surface area contributed by atoms with E-state index in [1.165, 1.54) is 0 Å². The number of rotatable bonds is 5. The maximum atomic E-state index is 13.2. The molecule has 140 valence electrons. The van der Waals surface area contributed by atoms with Crippen LogP contribution in [-0.4, -0.2) is 42.1 Å². The Labute approximate surface area is 158 Å². The van der Waals surface area contributed by atoms with Crippen LogP contribution in [0.3, 0.4) is 0 Å². The summed E-state index contributed by atoms with van der Waals surface area (Å²) in [5, 5.41) is 0. The molecule has 2 aliphatic rings. The lowest BCUT2D eigenvalue weighted by atomic mass is 9.98. The number of hydrogen-bond acceptors (Lipinski definition) is 4. The highest BCUT2D eigenvalue weighted by Gasteiger charge is 2.35. The van der Waals surface area contributed by atoms with Gasteiger partial charge < -0.3 is 14.4 Å². The first kappa shape index (κ1) is 17.7. The molecule has 4 rings (SSSR count). The van der Waals surface area contributed by atoms with Gasteiger partial charge >= 0.3 is 5.97 Å². The standard InChI is InChI=1S/C22H23NO4/c24-21(20-13-17-9-4-5-11-19(17)22(25)27-20)23(15-18-10-6-12-26-18)14-16-7-2-1-3-8-16/h1-5,7-9,11,18,20H,6,10,12-15H2/t18-,20+/m1/s1. The summed E-state index contributed by atoms with van der Waals surface area (Å²) in [7, 11) is 0. The van der Waals surface area contributed by atoms with Gasteiger partial charge in [-0.3, -0.25) is 4.79 Å². The zero-order valence-electron chi connectivity index (χ0n) is 15.2. The molecule has 2 heterocycles. The van der Waals surface area contributed by atoms with Gasteiger partial charge in [-0.25, -0.2) is 4.79 Å². The molecule has 0 aromatic heterocycles. The molecular weight excluding hydrogens is 342 g/mol.